The van der Waals surface area contributed by atoms with E-state index in [1.807, 2.05) is 13.8 Å². The standard InChI is InChI=1S/C11H15N.C6H12O.C2H6/c1-2-5-9-8-12-11-7-4-3-6-10(9)11;1-3-4-5-6(2)7;1-2/h4,7-8,12H,2-3,5-6H2,1H3;3-5H2,1-2H3;1-2H3. The van der Waals surface area contributed by atoms with E-state index in [9.17, 15) is 4.79 Å². The Labute approximate surface area is 131 Å². The molecule has 0 bridgehead atoms. The molecule has 2 nitrogen and oxygen atoms in total. The molecule has 0 amide bonds. The summed E-state index contributed by atoms with van der Waals surface area (Å²) in [6.45, 7) is 9.96. The zero-order chi connectivity index (χ0) is 16.1. The molecule has 1 aromatic rings. The van der Waals surface area contributed by atoms with E-state index in [1.54, 1.807) is 12.5 Å². The molecule has 0 fully saturated rings. The number of aromatic nitrogens is 1. The minimum Gasteiger partial charge on any atom is -0.361 e. The molecule has 1 N–H and O–H groups in total. The van der Waals surface area contributed by atoms with Gasteiger partial charge in [-0.1, -0.05) is 46.6 Å². The van der Waals surface area contributed by atoms with Crippen LogP contribution in [0, 0.1) is 0 Å². The third kappa shape index (κ3) is 7.89. The van der Waals surface area contributed by atoms with E-state index in [4.69, 9.17) is 0 Å². The van der Waals surface area contributed by atoms with Gasteiger partial charge in [0.1, 0.15) is 5.78 Å². The van der Waals surface area contributed by atoms with Gasteiger partial charge in [-0.25, -0.2) is 0 Å². The second-order valence-corrected chi connectivity index (χ2v) is 5.20. The SMILES string of the molecule is CC.CCCCC(C)=O.CCCc1c[nH]c2c1CCC=C2. The van der Waals surface area contributed by atoms with Crippen LogP contribution in [0.5, 0.6) is 0 Å². The molecule has 2 rings (SSSR count). The van der Waals surface area contributed by atoms with Gasteiger partial charge in [-0.15, -0.1) is 0 Å². The lowest BCUT2D eigenvalue weighted by molar-refractivity contribution is -0.117. The fourth-order valence-electron chi connectivity index (χ4n) is 2.30. The molecule has 0 atom stereocenters. The minimum atomic E-state index is 0.307. The van der Waals surface area contributed by atoms with Crippen LogP contribution in [-0.2, 0) is 17.6 Å². The summed E-state index contributed by atoms with van der Waals surface area (Å²) in [6, 6.07) is 0. The zero-order valence-electron chi connectivity index (χ0n) is 14.6. The first-order chi connectivity index (χ1) is 10.2. The number of aromatic amines is 1. The smallest absolute Gasteiger partial charge is 0.129 e. The Bertz CT molecular complexity index is 415. The minimum absolute atomic E-state index is 0.307. The first-order valence-electron chi connectivity index (χ1n) is 8.54. The van der Waals surface area contributed by atoms with Crippen molar-refractivity contribution in [2.75, 3.05) is 0 Å². The molecule has 2 heteroatoms. The van der Waals surface area contributed by atoms with Gasteiger partial charge in [0.25, 0.3) is 0 Å². The number of ketones is 1. The first kappa shape index (κ1) is 19.7. The third-order valence-electron chi connectivity index (χ3n) is 3.36. The van der Waals surface area contributed by atoms with Crippen LogP contribution in [0.25, 0.3) is 6.08 Å². The van der Waals surface area contributed by atoms with Gasteiger partial charge in [0.15, 0.2) is 0 Å². The third-order valence-corrected chi connectivity index (χ3v) is 3.36. The number of carbonyl (C=O) groups excluding carboxylic acids is 1. The summed E-state index contributed by atoms with van der Waals surface area (Å²) in [7, 11) is 0. The van der Waals surface area contributed by atoms with Crippen LogP contribution in [0.1, 0.15) is 83.5 Å². The van der Waals surface area contributed by atoms with Crippen molar-refractivity contribution < 1.29 is 4.79 Å². The Morgan fingerprint density at radius 3 is 2.48 bits per heavy atom. The highest BCUT2D eigenvalue weighted by Gasteiger charge is 2.10. The maximum absolute atomic E-state index is 10.2. The predicted octanol–water partition coefficient (Wildman–Crippen LogP) is 5.72. The quantitative estimate of drug-likeness (QED) is 0.739. The maximum Gasteiger partial charge on any atom is 0.129 e. The van der Waals surface area contributed by atoms with Gasteiger partial charge in [-0.3, -0.25) is 0 Å². The van der Waals surface area contributed by atoms with Gasteiger partial charge in [0, 0.05) is 18.3 Å². The number of carbonyl (C=O) groups is 1. The van der Waals surface area contributed by atoms with Crippen LogP contribution in [0.3, 0.4) is 0 Å². The predicted molar refractivity (Wildman–Crippen MR) is 93.7 cm³/mol. The number of aryl methyl sites for hydroxylation is 1. The number of fused-ring (bicyclic) bond motifs is 1. The molecule has 1 aliphatic rings. The number of unbranched alkanes of at least 4 members (excludes halogenated alkanes) is 1. The monoisotopic (exact) mass is 291 g/mol. The second-order valence-electron chi connectivity index (χ2n) is 5.20. The summed E-state index contributed by atoms with van der Waals surface area (Å²) >= 11 is 0. The fourth-order valence-corrected chi connectivity index (χ4v) is 2.30. The van der Waals surface area contributed by atoms with Crippen molar-refractivity contribution in [2.45, 2.75) is 79.6 Å². The van der Waals surface area contributed by atoms with Crippen molar-refractivity contribution in [1.82, 2.24) is 4.98 Å². The van der Waals surface area contributed by atoms with Crippen LogP contribution >= 0.6 is 0 Å². The van der Waals surface area contributed by atoms with Crippen molar-refractivity contribution in [1.29, 1.82) is 0 Å². The number of nitrogens with one attached hydrogen (secondary N) is 1. The molecule has 1 heterocycles. The molecule has 1 aromatic heterocycles. The van der Waals surface area contributed by atoms with E-state index in [0.717, 1.165) is 19.3 Å². The number of Topliss-reactive ketones (excluding diaryl/α,β-unsaturated/α-hetero) is 1. The molecule has 0 spiro atoms. The molecular weight excluding hydrogens is 258 g/mol. The van der Waals surface area contributed by atoms with Gasteiger partial charge < -0.3 is 9.78 Å². The van der Waals surface area contributed by atoms with Gasteiger partial charge in [-0.05, 0) is 49.8 Å². The number of hydrogen-bond donors (Lipinski definition) is 1. The van der Waals surface area contributed by atoms with Gasteiger partial charge in [0.2, 0.25) is 0 Å². The van der Waals surface area contributed by atoms with Crippen molar-refractivity contribution in [3.63, 3.8) is 0 Å². The lowest BCUT2D eigenvalue weighted by Crippen LogP contribution is -1.94. The average molecular weight is 291 g/mol. The Morgan fingerprint density at radius 1 is 1.24 bits per heavy atom. The summed E-state index contributed by atoms with van der Waals surface area (Å²) in [6.07, 6.45) is 14.5. The van der Waals surface area contributed by atoms with E-state index in [1.165, 1.54) is 36.9 Å². The normalized spacial score (nSPS) is 11.7. The van der Waals surface area contributed by atoms with Gasteiger partial charge in [-0.2, -0.15) is 0 Å². The van der Waals surface area contributed by atoms with Crippen LogP contribution < -0.4 is 0 Å². The Morgan fingerprint density at radius 2 is 1.95 bits per heavy atom. The lowest BCUT2D eigenvalue weighted by atomic mass is 9.98. The zero-order valence-corrected chi connectivity index (χ0v) is 14.6. The van der Waals surface area contributed by atoms with Crippen molar-refractivity contribution in [3.8, 4) is 0 Å². The summed E-state index contributed by atoms with van der Waals surface area (Å²) in [5, 5.41) is 0. The van der Waals surface area contributed by atoms with Crippen LogP contribution in [-0.4, -0.2) is 10.8 Å². The highest BCUT2D eigenvalue weighted by Crippen LogP contribution is 2.22. The van der Waals surface area contributed by atoms with Gasteiger partial charge >= 0.3 is 0 Å². The molecule has 0 radical (unpaired) electrons. The molecule has 120 valence electrons. The molecule has 0 aliphatic heterocycles. The van der Waals surface area contributed by atoms with Crippen LogP contribution in [0.2, 0.25) is 0 Å². The molecular formula is C19H33NO. The van der Waals surface area contributed by atoms with Gasteiger partial charge in [0.05, 0.1) is 0 Å². The maximum atomic E-state index is 10.2. The van der Waals surface area contributed by atoms with Crippen molar-refractivity contribution in [3.05, 3.63) is 29.1 Å². The van der Waals surface area contributed by atoms with E-state index in [0.29, 0.717) is 5.78 Å². The number of hydrogen-bond acceptors (Lipinski definition) is 1. The largest absolute Gasteiger partial charge is 0.361 e. The Hall–Kier alpha value is -1.31. The Balaban J connectivity index is 0.000000385. The summed E-state index contributed by atoms with van der Waals surface area (Å²) < 4.78 is 0. The van der Waals surface area contributed by atoms with E-state index in [2.05, 4.69) is 37.2 Å². The second kappa shape index (κ2) is 12.4. The fraction of sp³-hybridized carbons (Fsp3) is 0.632. The molecule has 0 saturated heterocycles. The molecule has 0 aromatic carbocycles. The highest BCUT2D eigenvalue weighted by molar-refractivity contribution is 5.75. The average Bonchev–Trinajstić information content (AvgIpc) is 2.92. The topological polar surface area (TPSA) is 32.9 Å². The highest BCUT2D eigenvalue weighted by atomic mass is 16.1. The Kier molecular flexibility index (Phi) is 11.7. The molecule has 0 saturated carbocycles. The van der Waals surface area contributed by atoms with E-state index < -0.39 is 0 Å². The molecule has 21 heavy (non-hydrogen) atoms. The summed E-state index contributed by atoms with van der Waals surface area (Å²) in [4.78, 5) is 13.5. The molecule has 0 unspecified atom stereocenters. The van der Waals surface area contributed by atoms with Crippen molar-refractivity contribution in [2.24, 2.45) is 0 Å². The van der Waals surface area contributed by atoms with Crippen LogP contribution in [0.4, 0.5) is 0 Å². The number of H-pyrrole nitrogens is 1. The number of allylic oxidation sites excluding steroid dienone is 1. The lowest BCUT2D eigenvalue weighted by Gasteiger charge is -2.06. The van der Waals surface area contributed by atoms with E-state index >= 15 is 0 Å². The van der Waals surface area contributed by atoms with E-state index in [-0.39, 0.29) is 0 Å². The summed E-state index contributed by atoms with van der Waals surface area (Å²) in [5.74, 6) is 0.307. The number of rotatable bonds is 5. The molecule has 1 aliphatic carbocycles. The first-order valence-corrected chi connectivity index (χ1v) is 8.54. The summed E-state index contributed by atoms with van der Waals surface area (Å²) in [5.41, 5.74) is 4.42. The van der Waals surface area contributed by atoms with Crippen LogP contribution in [0.15, 0.2) is 12.3 Å². The van der Waals surface area contributed by atoms with Crippen molar-refractivity contribution >= 4 is 11.9 Å².